The second-order valence-electron chi connectivity index (χ2n) is 2.63. The Kier molecular flexibility index (Phi) is 2.27. The zero-order valence-corrected chi connectivity index (χ0v) is 7.91. The minimum Gasteiger partial charge on any atom is -0.405 e. The van der Waals surface area contributed by atoms with Crippen molar-refractivity contribution in [2.45, 2.75) is 0 Å². The quantitative estimate of drug-likeness (QED) is 0.731. The molecule has 74 valence electrons. The van der Waals surface area contributed by atoms with Crippen molar-refractivity contribution in [1.29, 1.82) is 0 Å². The summed E-state index contributed by atoms with van der Waals surface area (Å²) in [7, 11) is -4.43. The molecule has 1 aliphatic rings. The number of nitrogens with one attached hydrogen (secondary N) is 1. The van der Waals surface area contributed by atoms with Crippen LogP contribution in [0.25, 0.3) is 5.70 Å². The van der Waals surface area contributed by atoms with Gasteiger partial charge < -0.3 is 4.52 Å². The molecule has 1 N–H and O–H groups in total. The maximum absolute atomic E-state index is 12.6. The average molecular weight is 215 g/mol. The molecule has 0 saturated heterocycles. The van der Waals surface area contributed by atoms with E-state index in [9.17, 15) is 8.76 Å². The minimum absolute atomic E-state index is 0.426. The number of rotatable bonds is 1. The molecular formula is C8H7FNO3P. The Hall–Kier alpha value is -1.32. The molecule has 1 aromatic carbocycles. The molecule has 0 aromatic heterocycles. The van der Waals surface area contributed by atoms with Crippen LogP contribution >= 0.6 is 7.91 Å². The van der Waals surface area contributed by atoms with Crippen molar-refractivity contribution in [3.05, 3.63) is 42.2 Å². The van der Waals surface area contributed by atoms with E-state index < -0.39 is 7.91 Å². The highest BCUT2D eigenvalue weighted by molar-refractivity contribution is 7.48. The van der Waals surface area contributed by atoms with E-state index in [1.165, 1.54) is 0 Å². The van der Waals surface area contributed by atoms with Crippen LogP contribution in [-0.4, -0.2) is 0 Å². The van der Waals surface area contributed by atoms with Gasteiger partial charge in [0.05, 0.1) is 0 Å². The first-order chi connectivity index (χ1) is 6.67. The Morgan fingerprint density at radius 1 is 1.29 bits per heavy atom. The molecule has 1 aromatic rings. The summed E-state index contributed by atoms with van der Waals surface area (Å²) in [4.78, 5) is 0. The number of hydrogen-bond donors (Lipinski definition) is 1. The first-order valence-electron chi connectivity index (χ1n) is 3.86. The van der Waals surface area contributed by atoms with Gasteiger partial charge in [-0.1, -0.05) is 30.3 Å². The number of halogens is 1. The van der Waals surface area contributed by atoms with E-state index in [2.05, 4.69) is 14.6 Å². The van der Waals surface area contributed by atoms with E-state index in [1.807, 2.05) is 18.2 Å². The van der Waals surface area contributed by atoms with Gasteiger partial charge >= 0.3 is 7.91 Å². The molecule has 1 aliphatic heterocycles. The van der Waals surface area contributed by atoms with E-state index in [0.29, 0.717) is 5.70 Å². The van der Waals surface area contributed by atoms with Crippen molar-refractivity contribution >= 4 is 13.6 Å². The second-order valence-corrected chi connectivity index (χ2v) is 3.88. The minimum atomic E-state index is -4.43. The van der Waals surface area contributed by atoms with Crippen LogP contribution < -0.4 is 5.48 Å². The molecule has 2 rings (SSSR count). The zero-order chi connectivity index (χ0) is 10.0. The normalized spacial score (nSPS) is 25.9. The van der Waals surface area contributed by atoms with Crippen LogP contribution in [0.4, 0.5) is 4.20 Å². The maximum Gasteiger partial charge on any atom is 0.591 e. The van der Waals surface area contributed by atoms with Crippen molar-refractivity contribution in [3.8, 4) is 0 Å². The molecule has 6 heteroatoms. The molecule has 0 saturated carbocycles. The fourth-order valence-electron chi connectivity index (χ4n) is 1.01. The summed E-state index contributed by atoms with van der Waals surface area (Å²) < 4.78 is 31.6. The summed E-state index contributed by atoms with van der Waals surface area (Å²) in [5.41, 5.74) is 3.41. The summed E-state index contributed by atoms with van der Waals surface area (Å²) in [6.07, 6.45) is 1.04. The van der Waals surface area contributed by atoms with Gasteiger partial charge in [-0.25, -0.2) is 4.57 Å². The van der Waals surface area contributed by atoms with Gasteiger partial charge in [0.15, 0.2) is 0 Å². The van der Waals surface area contributed by atoms with E-state index in [0.717, 1.165) is 11.8 Å². The third-order valence-electron chi connectivity index (χ3n) is 1.65. The Morgan fingerprint density at radius 2 is 2.00 bits per heavy atom. The number of hydroxylamine groups is 1. The fraction of sp³-hybridized carbons (Fsp3) is 0. The number of benzene rings is 1. The Labute approximate surface area is 79.9 Å². The van der Waals surface area contributed by atoms with Crippen LogP contribution in [0.3, 0.4) is 0 Å². The summed E-state index contributed by atoms with van der Waals surface area (Å²) in [5, 5.41) is 0. The van der Waals surface area contributed by atoms with Gasteiger partial charge in [-0.3, -0.25) is 5.48 Å². The van der Waals surface area contributed by atoms with Crippen molar-refractivity contribution < 1.29 is 17.9 Å². The van der Waals surface area contributed by atoms with E-state index in [4.69, 9.17) is 0 Å². The van der Waals surface area contributed by atoms with Crippen LogP contribution in [0.5, 0.6) is 0 Å². The molecule has 1 atom stereocenters. The van der Waals surface area contributed by atoms with Gasteiger partial charge in [-0.2, -0.15) is 4.62 Å². The predicted molar refractivity (Wildman–Crippen MR) is 48.4 cm³/mol. The molecule has 0 aliphatic carbocycles. The summed E-state index contributed by atoms with van der Waals surface area (Å²) >= 11 is 0. The van der Waals surface area contributed by atoms with Gasteiger partial charge in [0, 0.05) is 5.56 Å². The smallest absolute Gasteiger partial charge is 0.405 e. The van der Waals surface area contributed by atoms with E-state index in [1.54, 1.807) is 12.1 Å². The SMILES string of the molecule is O=P1(F)OC=C(c2ccccc2)NO1. The fourth-order valence-corrected chi connectivity index (χ4v) is 1.49. The first kappa shape index (κ1) is 9.24. The molecule has 0 radical (unpaired) electrons. The topological polar surface area (TPSA) is 47.6 Å². The highest BCUT2D eigenvalue weighted by atomic mass is 31.2. The molecule has 14 heavy (non-hydrogen) atoms. The third kappa shape index (κ3) is 1.95. The van der Waals surface area contributed by atoms with Crippen molar-refractivity contribution in [3.63, 3.8) is 0 Å². The van der Waals surface area contributed by atoms with Crippen LogP contribution in [0.15, 0.2) is 36.6 Å². The molecule has 1 unspecified atom stereocenters. The Balaban J connectivity index is 2.23. The van der Waals surface area contributed by atoms with Gasteiger partial charge in [0.1, 0.15) is 12.0 Å². The van der Waals surface area contributed by atoms with Gasteiger partial charge in [-0.15, -0.1) is 4.20 Å². The third-order valence-corrected chi connectivity index (χ3v) is 2.31. The van der Waals surface area contributed by atoms with Crippen LogP contribution in [0.1, 0.15) is 5.56 Å². The first-order valence-corrected chi connectivity index (χ1v) is 5.29. The van der Waals surface area contributed by atoms with Crippen molar-refractivity contribution in [2.75, 3.05) is 0 Å². The monoisotopic (exact) mass is 215 g/mol. The summed E-state index contributed by atoms with van der Waals surface area (Å²) in [6.45, 7) is 0. The largest absolute Gasteiger partial charge is 0.591 e. The lowest BCUT2D eigenvalue weighted by Gasteiger charge is -2.17. The molecule has 0 bridgehead atoms. The van der Waals surface area contributed by atoms with Gasteiger partial charge in [0.25, 0.3) is 0 Å². The zero-order valence-electron chi connectivity index (χ0n) is 7.01. The van der Waals surface area contributed by atoms with Gasteiger partial charge in [0.2, 0.25) is 0 Å². The second kappa shape index (κ2) is 3.44. The summed E-state index contributed by atoms with van der Waals surface area (Å²) in [6, 6.07) is 9.01. The van der Waals surface area contributed by atoms with Crippen LogP contribution in [0.2, 0.25) is 0 Å². The highest BCUT2D eigenvalue weighted by Gasteiger charge is 2.29. The average Bonchev–Trinajstić information content (AvgIpc) is 2.19. The maximum atomic E-state index is 12.6. The lowest BCUT2D eigenvalue weighted by atomic mass is 10.2. The number of hydrogen-bond acceptors (Lipinski definition) is 4. The van der Waals surface area contributed by atoms with Crippen LogP contribution in [0, 0.1) is 0 Å². The molecule has 0 spiro atoms. The van der Waals surface area contributed by atoms with Crippen molar-refractivity contribution in [2.24, 2.45) is 0 Å². The molecular weight excluding hydrogens is 208 g/mol. The van der Waals surface area contributed by atoms with E-state index in [-0.39, 0.29) is 0 Å². The molecule has 1 heterocycles. The lowest BCUT2D eigenvalue weighted by molar-refractivity contribution is 0.158. The Bertz CT molecular complexity index is 406. The standard InChI is InChI=1S/C8H7FNO3P/c9-14(11)12-6-8(10-13-14)7-4-2-1-3-5-7/h1-6,10H. The molecule has 4 nitrogen and oxygen atoms in total. The summed E-state index contributed by atoms with van der Waals surface area (Å²) in [5.74, 6) is 0. The van der Waals surface area contributed by atoms with E-state index >= 15 is 0 Å². The highest BCUT2D eigenvalue weighted by Crippen LogP contribution is 2.51. The lowest BCUT2D eigenvalue weighted by Crippen LogP contribution is -2.15. The Morgan fingerprint density at radius 3 is 2.57 bits per heavy atom. The molecule has 0 amide bonds. The van der Waals surface area contributed by atoms with Crippen LogP contribution in [-0.2, 0) is 13.7 Å². The van der Waals surface area contributed by atoms with Crippen molar-refractivity contribution in [1.82, 2.24) is 5.48 Å². The van der Waals surface area contributed by atoms with Gasteiger partial charge in [-0.05, 0) is 0 Å². The predicted octanol–water partition coefficient (Wildman–Crippen LogP) is 2.61. The molecule has 0 fully saturated rings.